The van der Waals surface area contributed by atoms with Crippen LogP contribution < -0.4 is 0 Å². The summed E-state index contributed by atoms with van der Waals surface area (Å²) in [5.41, 5.74) is -0.387. The van der Waals surface area contributed by atoms with Crippen molar-refractivity contribution in [2.24, 2.45) is 15.4 Å². The highest BCUT2D eigenvalue weighted by Gasteiger charge is 2.26. The van der Waals surface area contributed by atoms with Crippen molar-refractivity contribution in [3.8, 4) is 0 Å². The summed E-state index contributed by atoms with van der Waals surface area (Å²) in [6, 6.07) is 0. The highest BCUT2D eigenvalue weighted by atomic mass is 16.6. The van der Waals surface area contributed by atoms with E-state index in [0.717, 1.165) is 6.42 Å². The van der Waals surface area contributed by atoms with Gasteiger partial charge in [0.25, 0.3) is 0 Å². The fraction of sp³-hybridized carbons (Fsp3) is 0.538. The standard InChI is InChI=1S/C13H18N2O3/c1-9(8-10-14-6-5-7-15-10)11(16)18-12(17)13(2,3)4/h6,8H,5,7H2,1-4H3/b9-8+. The first-order chi connectivity index (χ1) is 8.30. The average molecular weight is 250 g/mol. The number of nitrogens with zero attached hydrogens (tertiary/aromatic N) is 2. The van der Waals surface area contributed by atoms with Gasteiger partial charge in [-0.25, -0.2) is 9.79 Å². The molecule has 0 bridgehead atoms. The molecular formula is C13H18N2O3. The van der Waals surface area contributed by atoms with Crippen LogP contribution in [0.5, 0.6) is 0 Å². The van der Waals surface area contributed by atoms with Crippen molar-refractivity contribution in [2.75, 3.05) is 6.54 Å². The lowest BCUT2D eigenvalue weighted by Gasteiger charge is -2.15. The minimum atomic E-state index is -0.698. The van der Waals surface area contributed by atoms with E-state index >= 15 is 0 Å². The minimum Gasteiger partial charge on any atom is -0.389 e. The molecule has 1 aliphatic heterocycles. The van der Waals surface area contributed by atoms with Crippen molar-refractivity contribution in [3.05, 3.63) is 11.6 Å². The Morgan fingerprint density at radius 1 is 1.39 bits per heavy atom. The van der Waals surface area contributed by atoms with Gasteiger partial charge in [0.05, 0.1) is 5.41 Å². The Balaban J connectivity index is 2.67. The smallest absolute Gasteiger partial charge is 0.341 e. The summed E-state index contributed by atoms with van der Waals surface area (Å²) >= 11 is 0. The van der Waals surface area contributed by atoms with Gasteiger partial charge < -0.3 is 4.74 Å². The molecule has 5 nitrogen and oxygen atoms in total. The molecule has 5 heteroatoms. The molecule has 1 rings (SSSR count). The highest BCUT2D eigenvalue weighted by molar-refractivity contribution is 6.06. The Morgan fingerprint density at radius 2 is 2.06 bits per heavy atom. The van der Waals surface area contributed by atoms with E-state index in [1.807, 2.05) is 0 Å². The SMILES string of the molecule is C/C(=C\C1=NCCC=N1)C(=O)OC(=O)C(C)(C)C. The number of esters is 2. The Labute approximate surface area is 107 Å². The summed E-state index contributed by atoms with van der Waals surface area (Å²) < 4.78 is 4.77. The van der Waals surface area contributed by atoms with Crippen molar-refractivity contribution in [2.45, 2.75) is 34.1 Å². The molecule has 0 atom stereocenters. The Kier molecular flexibility index (Phi) is 4.53. The summed E-state index contributed by atoms with van der Waals surface area (Å²) in [6.45, 7) is 7.31. The van der Waals surface area contributed by atoms with Gasteiger partial charge in [0.2, 0.25) is 0 Å². The van der Waals surface area contributed by atoms with Crippen molar-refractivity contribution >= 4 is 24.0 Å². The molecule has 0 saturated carbocycles. The number of ether oxygens (including phenoxy) is 1. The number of amidine groups is 1. The number of carbonyl (C=O) groups is 2. The predicted octanol–water partition coefficient (Wildman–Crippen LogP) is 1.92. The molecule has 0 aromatic carbocycles. The maximum atomic E-state index is 11.7. The molecule has 1 heterocycles. The van der Waals surface area contributed by atoms with E-state index in [9.17, 15) is 9.59 Å². The van der Waals surface area contributed by atoms with E-state index in [1.165, 1.54) is 6.08 Å². The first kappa shape index (κ1) is 14.3. The molecule has 0 spiro atoms. The Morgan fingerprint density at radius 3 is 2.56 bits per heavy atom. The third kappa shape index (κ3) is 4.24. The van der Waals surface area contributed by atoms with Crippen LogP contribution in [0.3, 0.4) is 0 Å². The summed E-state index contributed by atoms with van der Waals surface area (Å²) in [5, 5.41) is 0. The van der Waals surface area contributed by atoms with Crippen LogP contribution in [0.15, 0.2) is 21.6 Å². The molecule has 0 fully saturated rings. The average Bonchev–Trinajstić information content (AvgIpc) is 2.28. The molecule has 18 heavy (non-hydrogen) atoms. The van der Waals surface area contributed by atoms with Crippen molar-refractivity contribution in [1.29, 1.82) is 0 Å². The van der Waals surface area contributed by atoms with Crippen molar-refractivity contribution in [3.63, 3.8) is 0 Å². The van der Waals surface area contributed by atoms with Crippen molar-refractivity contribution < 1.29 is 14.3 Å². The summed E-state index contributed by atoms with van der Waals surface area (Å²) in [7, 11) is 0. The number of carbonyl (C=O) groups excluding carboxylic acids is 2. The third-order valence-electron chi connectivity index (χ3n) is 2.22. The van der Waals surface area contributed by atoms with Crippen LogP contribution in [-0.4, -0.2) is 30.5 Å². The maximum Gasteiger partial charge on any atom is 0.341 e. The lowest BCUT2D eigenvalue weighted by atomic mass is 9.97. The summed E-state index contributed by atoms with van der Waals surface area (Å²) in [5.74, 6) is -0.716. The van der Waals surface area contributed by atoms with Gasteiger partial charge in [0, 0.05) is 24.8 Å². The first-order valence-electron chi connectivity index (χ1n) is 5.82. The fourth-order valence-corrected chi connectivity index (χ4v) is 1.09. The third-order valence-corrected chi connectivity index (χ3v) is 2.22. The molecule has 98 valence electrons. The van der Waals surface area contributed by atoms with Gasteiger partial charge in [-0.15, -0.1) is 0 Å². The molecule has 0 amide bonds. The topological polar surface area (TPSA) is 68.1 Å². The largest absolute Gasteiger partial charge is 0.389 e. The van der Waals surface area contributed by atoms with E-state index in [-0.39, 0.29) is 0 Å². The minimum absolute atomic E-state index is 0.311. The second kappa shape index (κ2) is 5.71. The van der Waals surface area contributed by atoms with Gasteiger partial charge in [0.1, 0.15) is 5.84 Å². The number of rotatable bonds is 2. The molecule has 1 aliphatic rings. The second-order valence-electron chi connectivity index (χ2n) is 5.09. The number of hydrogen-bond donors (Lipinski definition) is 0. The van der Waals surface area contributed by atoms with Gasteiger partial charge in [-0.3, -0.25) is 9.79 Å². The van der Waals surface area contributed by atoms with Gasteiger partial charge >= 0.3 is 11.9 Å². The van der Waals surface area contributed by atoms with Crippen LogP contribution in [0, 0.1) is 5.41 Å². The molecule has 0 aliphatic carbocycles. The van der Waals surface area contributed by atoms with E-state index in [1.54, 1.807) is 33.9 Å². The van der Waals surface area contributed by atoms with Gasteiger partial charge in [-0.1, -0.05) is 0 Å². The van der Waals surface area contributed by atoms with E-state index in [0.29, 0.717) is 18.0 Å². The van der Waals surface area contributed by atoms with Crippen LogP contribution in [-0.2, 0) is 14.3 Å². The molecule has 0 N–H and O–H groups in total. The monoisotopic (exact) mass is 250 g/mol. The zero-order chi connectivity index (χ0) is 13.8. The van der Waals surface area contributed by atoms with Gasteiger partial charge in [-0.2, -0.15) is 0 Å². The predicted molar refractivity (Wildman–Crippen MR) is 69.7 cm³/mol. The van der Waals surface area contributed by atoms with Crippen LogP contribution in [0.2, 0.25) is 0 Å². The summed E-state index contributed by atoms with van der Waals surface area (Å²) in [6.07, 6.45) is 4.08. The van der Waals surface area contributed by atoms with Crippen LogP contribution >= 0.6 is 0 Å². The van der Waals surface area contributed by atoms with E-state index < -0.39 is 17.4 Å². The molecule has 0 saturated heterocycles. The lowest BCUT2D eigenvalue weighted by Crippen LogP contribution is -2.26. The molecule has 0 aromatic heterocycles. The number of hydrogen-bond acceptors (Lipinski definition) is 5. The first-order valence-corrected chi connectivity index (χ1v) is 5.82. The quantitative estimate of drug-likeness (QED) is 0.427. The van der Waals surface area contributed by atoms with Gasteiger partial charge in [0.15, 0.2) is 0 Å². The van der Waals surface area contributed by atoms with E-state index in [4.69, 9.17) is 4.74 Å². The summed E-state index contributed by atoms with van der Waals surface area (Å²) in [4.78, 5) is 31.4. The van der Waals surface area contributed by atoms with Crippen LogP contribution in [0.4, 0.5) is 0 Å². The molecular weight excluding hydrogens is 232 g/mol. The molecule has 0 radical (unpaired) electrons. The zero-order valence-corrected chi connectivity index (χ0v) is 11.2. The Hall–Kier alpha value is -1.78. The highest BCUT2D eigenvalue weighted by Crippen LogP contribution is 2.16. The molecule has 0 aromatic rings. The normalized spacial score (nSPS) is 16.2. The number of aliphatic imine (C=N–C) groups is 2. The van der Waals surface area contributed by atoms with Crippen molar-refractivity contribution in [1.82, 2.24) is 0 Å². The van der Waals surface area contributed by atoms with E-state index in [2.05, 4.69) is 9.98 Å². The second-order valence-corrected chi connectivity index (χ2v) is 5.09. The zero-order valence-electron chi connectivity index (χ0n) is 11.2. The van der Waals surface area contributed by atoms with Crippen LogP contribution in [0.1, 0.15) is 34.1 Å². The Bertz CT molecular complexity index is 440. The van der Waals surface area contributed by atoms with Crippen LogP contribution in [0.25, 0.3) is 0 Å². The maximum absolute atomic E-state index is 11.7. The fourth-order valence-electron chi connectivity index (χ4n) is 1.09. The molecule has 0 unspecified atom stereocenters. The van der Waals surface area contributed by atoms with Gasteiger partial charge in [-0.05, 0) is 33.8 Å². The lowest BCUT2D eigenvalue weighted by molar-refractivity contribution is -0.163.